The Morgan fingerprint density at radius 2 is 2.04 bits per heavy atom. The predicted molar refractivity (Wildman–Crippen MR) is 101 cm³/mol. The number of hydrogen-bond acceptors (Lipinski definition) is 4. The molecule has 26 heavy (non-hydrogen) atoms. The molecule has 3 heterocycles. The van der Waals surface area contributed by atoms with Crippen molar-refractivity contribution in [3.8, 4) is 5.75 Å². The first-order chi connectivity index (χ1) is 12.2. The fraction of sp³-hybridized carbons (Fsp3) is 0.579. The van der Waals surface area contributed by atoms with Crippen molar-refractivity contribution < 1.29 is 14.3 Å². The Kier molecular flexibility index (Phi) is 6.04. The van der Waals surface area contributed by atoms with Crippen LogP contribution >= 0.6 is 12.4 Å². The Morgan fingerprint density at radius 1 is 1.19 bits per heavy atom. The normalized spacial score (nSPS) is 25.8. The van der Waals surface area contributed by atoms with Gasteiger partial charge in [0.2, 0.25) is 11.8 Å². The molecule has 6 nitrogen and oxygen atoms in total. The average Bonchev–Trinajstić information content (AvgIpc) is 2.67. The minimum absolute atomic E-state index is 0. The molecule has 2 atom stereocenters. The third-order valence-electron chi connectivity index (χ3n) is 5.53. The van der Waals surface area contributed by atoms with Crippen molar-refractivity contribution in [3.63, 3.8) is 0 Å². The van der Waals surface area contributed by atoms with Crippen LogP contribution in [0.4, 0.5) is 0 Å². The molecule has 1 aromatic carbocycles. The number of nitrogens with one attached hydrogen (secondary N) is 1. The van der Waals surface area contributed by atoms with E-state index in [-0.39, 0.29) is 36.2 Å². The number of nitrogens with zero attached hydrogens (tertiary/aromatic N) is 2. The van der Waals surface area contributed by atoms with Crippen molar-refractivity contribution >= 4 is 24.2 Å². The Bertz CT molecular complexity index is 669. The van der Waals surface area contributed by atoms with Gasteiger partial charge in [-0.2, -0.15) is 0 Å². The number of amides is 2. The monoisotopic (exact) mass is 379 g/mol. The molecular weight excluding hydrogens is 354 g/mol. The molecule has 4 rings (SSSR count). The van der Waals surface area contributed by atoms with E-state index in [1.165, 1.54) is 0 Å². The van der Waals surface area contributed by atoms with Gasteiger partial charge >= 0.3 is 0 Å². The number of para-hydroxylation sites is 1. The van der Waals surface area contributed by atoms with Crippen LogP contribution < -0.4 is 10.1 Å². The van der Waals surface area contributed by atoms with Gasteiger partial charge in [-0.3, -0.25) is 9.59 Å². The molecule has 7 heteroatoms. The van der Waals surface area contributed by atoms with Gasteiger partial charge in [0.25, 0.3) is 0 Å². The van der Waals surface area contributed by atoms with Gasteiger partial charge in [-0.15, -0.1) is 12.4 Å². The summed E-state index contributed by atoms with van der Waals surface area (Å²) in [5, 5.41) is 3.11. The van der Waals surface area contributed by atoms with Gasteiger partial charge in [0.15, 0.2) is 0 Å². The van der Waals surface area contributed by atoms with Gasteiger partial charge in [-0.25, -0.2) is 0 Å². The van der Waals surface area contributed by atoms with Crippen LogP contribution in [0.3, 0.4) is 0 Å². The first-order valence-corrected chi connectivity index (χ1v) is 9.25. The molecule has 2 amide bonds. The fourth-order valence-electron chi connectivity index (χ4n) is 4.24. The number of rotatable bonds is 2. The van der Waals surface area contributed by atoms with E-state index >= 15 is 0 Å². The van der Waals surface area contributed by atoms with Gasteiger partial charge in [0.05, 0.1) is 19.1 Å². The standard InChI is InChI=1S/C19H25N3O3.ClH/c23-18-12-20-8-10-22(18)14-4-3-9-21(13-14)19(24)16-7-11-25-17-6-2-1-5-15(16)17;/h1-2,5-6,14,16,20H,3-4,7-13H2;1H. The number of hydrogen-bond donors (Lipinski definition) is 1. The summed E-state index contributed by atoms with van der Waals surface area (Å²) in [5.41, 5.74) is 0.999. The number of halogens is 1. The molecule has 2 unspecified atom stereocenters. The molecule has 0 aromatic heterocycles. The molecule has 0 saturated carbocycles. The highest BCUT2D eigenvalue weighted by atomic mass is 35.5. The summed E-state index contributed by atoms with van der Waals surface area (Å²) in [6, 6.07) is 8.00. The zero-order valence-electron chi connectivity index (χ0n) is 14.9. The largest absolute Gasteiger partial charge is 0.493 e. The van der Waals surface area contributed by atoms with Gasteiger partial charge in [0, 0.05) is 37.8 Å². The van der Waals surface area contributed by atoms with E-state index in [2.05, 4.69) is 5.32 Å². The van der Waals surface area contributed by atoms with E-state index < -0.39 is 0 Å². The maximum absolute atomic E-state index is 13.2. The molecule has 2 saturated heterocycles. The highest BCUT2D eigenvalue weighted by Gasteiger charge is 2.36. The molecule has 142 valence electrons. The summed E-state index contributed by atoms with van der Waals surface area (Å²) < 4.78 is 5.69. The maximum Gasteiger partial charge on any atom is 0.236 e. The number of carbonyl (C=O) groups is 2. The minimum Gasteiger partial charge on any atom is -0.493 e. The van der Waals surface area contributed by atoms with Crippen LogP contribution in [0.5, 0.6) is 5.75 Å². The zero-order chi connectivity index (χ0) is 17.2. The third kappa shape index (κ3) is 3.67. The lowest BCUT2D eigenvalue weighted by Crippen LogP contribution is -2.58. The molecule has 3 aliphatic rings. The first-order valence-electron chi connectivity index (χ1n) is 9.25. The molecule has 1 N–H and O–H groups in total. The number of fused-ring (bicyclic) bond motifs is 1. The first kappa shape index (κ1) is 19.0. The van der Waals surface area contributed by atoms with Crippen molar-refractivity contribution in [2.45, 2.75) is 31.2 Å². The average molecular weight is 380 g/mol. The minimum atomic E-state index is -0.123. The maximum atomic E-state index is 13.2. The molecule has 0 aliphatic carbocycles. The van der Waals surface area contributed by atoms with Crippen LogP contribution in [0, 0.1) is 0 Å². The quantitative estimate of drug-likeness (QED) is 0.843. The zero-order valence-corrected chi connectivity index (χ0v) is 15.7. The lowest BCUT2D eigenvalue weighted by molar-refractivity contribution is -0.141. The highest BCUT2D eigenvalue weighted by molar-refractivity contribution is 5.85. The molecule has 0 bridgehead atoms. The molecule has 3 aliphatic heterocycles. The number of carbonyl (C=O) groups excluding carboxylic acids is 2. The van der Waals surface area contributed by atoms with Crippen molar-refractivity contribution in [1.29, 1.82) is 0 Å². The Morgan fingerprint density at radius 3 is 2.88 bits per heavy atom. The lowest BCUT2D eigenvalue weighted by Gasteiger charge is -2.42. The van der Waals surface area contributed by atoms with Gasteiger partial charge < -0.3 is 19.9 Å². The number of benzene rings is 1. The van der Waals surface area contributed by atoms with Gasteiger partial charge in [0.1, 0.15) is 5.75 Å². The van der Waals surface area contributed by atoms with E-state index in [1.54, 1.807) is 0 Å². The van der Waals surface area contributed by atoms with Crippen molar-refractivity contribution in [2.24, 2.45) is 0 Å². The Balaban J connectivity index is 0.00000196. The molecule has 1 aromatic rings. The van der Waals surface area contributed by atoms with Crippen molar-refractivity contribution in [2.75, 3.05) is 39.3 Å². The summed E-state index contributed by atoms with van der Waals surface area (Å²) in [6.07, 6.45) is 2.67. The third-order valence-corrected chi connectivity index (χ3v) is 5.53. The Hall–Kier alpha value is -1.79. The smallest absolute Gasteiger partial charge is 0.236 e. The van der Waals surface area contributed by atoms with Crippen molar-refractivity contribution in [3.05, 3.63) is 29.8 Å². The second-order valence-electron chi connectivity index (χ2n) is 7.07. The van der Waals surface area contributed by atoms with E-state index in [0.29, 0.717) is 19.7 Å². The topological polar surface area (TPSA) is 61.9 Å². The van der Waals surface area contributed by atoms with E-state index in [4.69, 9.17) is 4.74 Å². The number of piperazine rings is 1. The lowest BCUT2D eigenvalue weighted by atomic mass is 9.90. The molecule has 0 radical (unpaired) electrons. The van der Waals surface area contributed by atoms with Crippen molar-refractivity contribution in [1.82, 2.24) is 15.1 Å². The summed E-state index contributed by atoms with van der Waals surface area (Å²) in [5.74, 6) is 1.05. The number of ether oxygens (including phenoxy) is 1. The SMILES string of the molecule is Cl.O=C(C1CCOc2ccccc21)N1CCCC(N2CCNCC2=O)C1. The molecular formula is C19H26ClN3O3. The summed E-state index contributed by atoms with van der Waals surface area (Å²) in [6.45, 7) is 4.02. The van der Waals surface area contributed by atoms with Gasteiger partial charge in [-0.05, 0) is 25.3 Å². The molecule has 2 fully saturated rings. The van der Waals surface area contributed by atoms with Crippen LogP contribution in [-0.4, -0.2) is 67.0 Å². The van der Waals surface area contributed by atoms with E-state index in [0.717, 1.165) is 50.2 Å². The number of likely N-dealkylation sites (tertiary alicyclic amines) is 1. The van der Waals surface area contributed by atoms with Gasteiger partial charge in [-0.1, -0.05) is 18.2 Å². The van der Waals surface area contributed by atoms with E-state index in [1.807, 2.05) is 34.1 Å². The highest BCUT2D eigenvalue weighted by Crippen LogP contribution is 2.35. The number of piperidine rings is 1. The second kappa shape index (κ2) is 8.27. The van der Waals surface area contributed by atoms with E-state index in [9.17, 15) is 9.59 Å². The molecule has 0 spiro atoms. The van der Waals surface area contributed by atoms with Crippen LogP contribution in [0.2, 0.25) is 0 Å². The van der Waals surface area contributed by atoms with Crippen LogP contribution in [-0.2, 0) is 9.59 Å². The van der Waals surface area contributed by atoms with Crippen LogP contribution in [0.1, 0.15) is 30.7 Å². The summed E-state index contributed by atoms with van der Waals surface area (Å²) in [4.78, 5) is 29.3. The summed E-state index contributed by atoms with van der Waals surface area (Å²) >= 11 is 0. The van der Waals surface area contributed by atoms with Crippen LogP contribution in [0.15, 0.2) is 24.3 Å². The fourth-order valence-corrected chi connectivity index (χ4v) is 4.24. The summed E-state index contributed by atoms with van der Waals surface area (Å²) in [7, 11) is 0. The second-order valence-corrected chi connectivity index (χ2v) is 7.07. The van der Waals surface area contributed by atoms with Crippen LogP contribution in [0.25, 0.3) is 0 Å². The Labute approximate surface area is 160 Å². The predicted octanol–water partition coefficient (Wildman–Crippen LogP) is 1.40.